The van der Waals surface area contributed by atoms with Crippen molar-refractivity contribution in [2.24, 2.45) is 17.4 Å². The summed E-state index contributed by atoms with van der Waals surface area (Å²) >= 11 is 0. The monoisotopic (exact) mass is 756 g/mol. The highest BCUT2D eigenvalue weighted by Gasteiger charge is 2.33. The topological polar surface area (TPSA) is 248 Å². The quantitative estimate of drug-likeness (QED) is 0.0323. The van der Waals surface area contributed by atoms with Crippen molar-refractivity contribution < 1.29 is 33.5 Å². The van der Waals surface area contributed by atoms with Crippen LogP contribution in [0.3, 0.4) is 0 Å². The number of benzene rings is 3. The fourth-order valence-corrected chi connectivity index (χ4v) is 5.54. The first-order chi connectivity index (χ1) is 26.3. The van der Waals surface area contributed by atoms with Crippen molar-refractivity contribution in [1.29, 1.82) is 5.41 Å². The summed E-state index contributed by atoms with van der Waals surface area (Å²) < 4.78 is 5.38. The molecule has 0 fully saturated rings. The van der Waals surface area contributed by atoms with Crippen LogP contribution in [0.1, 0.15) is 56.2 Å². The Kier molecular flexibility index (Phi) is 17.8. The highest BCUT2D eigenvalue weighted by Crippen LogP contribution is 2.12. The Bertz CT molecular complexity index is 1720. The first-order valence-electron chi connectivity index (χ1n) is 18.2. The third-order valence-corrected chi connectivity index (χ3v) is 8.54. The van der Waals surface area contributed by atoms with E-state index in [1.807, 2.05) is 38.1 Å². The second-order valence-corrected chi connectivity index (χ2v) is 13.5. The first-order valence-corrected chi connectivity index (χ1v) is 18.2. The number of alkyl carbamates (subject to hydrolysis) is 1. The van der Waals surface area contributed by atoms with E-state index in [-0.39, 0.29) is 50.7 Å². The highest BCUT2D eigenvalue weighted by molar-refractivity contribution is 6.38. The number of hydrogen-bond acceptors (Lipinski definition) is 8. The van der Waals surface area contributed by atoms with E-state index in [2.05, 4.69) is 26.6 Å². The zero-order chi connectivity index (χ0) is 40.2. The molecular weight excluding hydrogens is 704 g/mol. The van der Waals surface area contributed by atoms with Crippen LogP contribution < -0.4 is 38.1 Å². The van der Waals surface area contributed by atoms with Crippen LogP contribution >= 0.6 is 0 Å². The molecule has 0 radical (unpaired) electrons. The van der Waals surface area contributed by atoms with Crippen molar-refractivity contribution in [1.82, 2.24) is 26.6 Å². The molecule has 1 unspecified atom stereocenters. The standard InChI is InChI=1S/C40H52N8O7/c1-26(2)20-21-31(46-37(52)33(24-28-15-8-4-9-16-28)48-40(54)55-25-29-17-10-5-11-18-29)36(51)47-32(23-27-13-6-3-7-14-27)34(49)38(53)45-30(35(41)50)19-12-22-44-39(42)43/h3-11,13-18,26,30-33H,12,19-25H2,1-2H3,(H2,41,50)(H,45,53)(H,46,52)(H,47,51)(H,48,54)(H4,42,43,44)/t30-,31-,32?,33-/m0/s1. The molecule has 15 nitrogen and oxygen atoms in total. The summed E-state index contributed by atoms with van der Waals surface area (Å²) in [4.78, 5) is 79.9. The minimum Gasteiger partial charge on any atom is -0.445 e. The van der Waals surface area contributed by atoms with Crippen LogP contribution in [0.15, 0.2) is 91.0 Å². The number of primary amides is 1. The van der Waals surface area contributed by atoms with Gasteiger partial charge < -0.3 is 42.8 Å². The molecule has 0 saturated carbocycles. The molecule has 0 aliphatic carbocycles. The number of nitrogens with one attached hydrogen (secondary N) is 6. The van der Waals surface area contributed by atoms with Gasteiger partial charge in [-0.25, -0.2) is 4.79 Å². The summed E-state index contributed by atoms with van der Waals surface area (Å²) in [5.74, 6) is -4.52. The van der Waals surface area contributed by atoms with E-state index in [0.717, 1.165) is 11.1 Å². The summed E-state index contributed by atoms with van der Waals surface area (Å²) in [5, 5.41) is 20.3. The Labute approximate surface area is 321 Å². The SMILES string of the molecule is CC(C)CC[C@H](NC(=O)[C@H](Cc1ccccc1)NC(=O)OCc1ccccc1)C(=O)NC(Cc1ccccc1)C(=O)C(=O)N[C@@H](CCCNC(=N)N)C(N)=O. The predicted octanol–water partition coefficient (Wildman–Crippen LogP) is 1.98. The molecule has 3 aromatic rings. The fourth-order valence-electron chi connectivity index (χ4n) is 5.54. The number of ketones is 1. The van der Waals surface area contributed by atoms with E-state index in [9.17, 15) is 28.8 Å². The average Bonchev–Trinajstić information content (AvgIpc) is 3.16. The van der Waals surface area contributed by atoms with E-state index >= 15 is 0 Å². The largest absolute Gasteiger partial charge is 0.445 e. The number of ether oxygens (including phenoxy) is 1. The number of carbonyl (C=O) groups excluding carboxylic acids is 6. The molecule has 294 valence electrons. The van der Waals surface area contributed by atoms with E-state index in [4.69, 9.17) is 21.6 Å². The molecule has 0 aliphatic rings. The molecule has 55 heavy (non-hydrogen) atoms. The number of Topliss-reactive ketones (excluding diaryl/α,β-unsaturated/α-hetero) is 1. The van der Waals surface area contributed by atoms with Gasteiger partial charge in [-0.05, 0) is 48.3 Å². The Morgan fingerprint density at radius 2 is 1.13 bits per heavy atom. The fraction of sp³-hybridized carbons (Fsp3) is 0.375. The minimum atomic E-state index is -1.38. The number of carbonyl (C=O) groups is 6. The highest BCUT2D eigenvalue weighted by atomic mass is 16.5. The van der Waals surface area contributed by atoms with Crippen molar-refractivity contribution in [2.45, 2.75) is 83.1 Å². The predicted molar refractivity (Wildman–Crippen MR) is 207 cm³/mol. The maximum atomic E-state index is 14.0. The molecule has 0 spiro atoms. The van der Waals surface area contributed by atoms with Crippen LogP contribution in [0.5, 0.6) is 0 Å². The van der Waals surface area contributed by atoms with E-state index in [1.54, 1.807) is 66.7 Å². The smallest absolute Gasteiger partial charge is 0.408 e. The summed E-state index contributed by atoms with van der Waals surface area (Å²) in [6.45, 7) is 4.12. The Hall–Kier alpha value is -6.25. The lowest BCUT2D eigenvalue weighted by molar-refractivity contribution is -0.141. The maximum absolute atomic E-state index is 14.0. The molecule has 15 heteroatoms. The van der Waals surface area contributed by atoms with Crippen LogP contribution in [0.25, 0.3) is 0 Å². The number of guanidine groups is 1. The van der Waals surface area contributed by atoms with Gasteiger partial charge in [0.15, 0.2) is 5.96 Å². The molecule has 5 amide bonds. The normalized spacial score (nSPS) is 12.9. The van der Waals surface area contributed by atoms with Crippen molar-refractivity contribution in [2.75, 3.05) is 6.54 Å². The molecule has 3 rings (SSSR count). The van der Waals surface area contributed by atoms with E-state index in [0.29, 0.717) is 18.4 Å². The molecule has 0 saturated heterocycles. The van der Waals surface area contributed by atoms with Crippen molar-refractivity contribution in [3.05, 3.63) is 108 Å². The molecule has 10 N–H and O–H groups in total. The Morgan fingerprint density at radius 1 is 0.618 bits per heavy atom. The van der Waals surface area contributed by atoms with Gasteiger partial charge in [0.25, 0.3) is 5.91 Å². The van der Waals surface area contributed by atoms with Crippen molar-refractivity contribution in [3.63, 3.8) is 0 Å². The van der Waals surface area contributed by atoms with Gasteiger partial charge in [-0.1, -0.05) is 105 Å². The van der Waals surface area contributed by atoms with Gasteiger partial charge in [-0.15, -0.1) is 0 Å². The van der Waals surface area contributed by atoms with Gasteiger partial charge in [0.05, 0.1) is 0 Å². The third-order valence-electron chi connectivity index (χ3n) is 8.54. The lowest BCUT2D eigenvalue weighted by Gasteiger charge is -2.26. The molecule has 0 bridgehead atoms. The van der Waals surface area contributed by atoms with E-state index < -0.39 is 59.7 Å². The zero-order valence-electron chi connectivity index (χ0n) is 31.2. The Morgan fingerprint density at radius 3 is 1.65 bits per heavy atom. The molecule has 0 heterocycles. The number of amides is 5. The second-order valence-electron chi connectivity index (χ2n) is 13.5. The summed E-state index contributed by atoms with van der Waals surface area (Å²) in [5.41, 5.74) is 12.9. The summed E-state index contributed by atoms with van der Waals surface area (Å²) in [6.07, 6.45) is 0.255. The molecule has 0 aromatic heterocycles. The van der Waals surface area contributed by atoms with Crippen molar-refractivity contribution in [3.8, 4) is 0 Å². The second kappa shape index (κ2) is 22.7. The summed E-state index contributed by atoms with van der Waals surface area (Å²) in [7, 11) is 0. The van der Waals surface area contributed by atoms with Crippen LogP contribution in [0.2, 0.25) is 0 Å². The lowest BCUT2D eigenvalue weighted by Crippen LogP contribution is -2.58. The maximum Gasteiger partial charge on any atom is 0.408 e. The van der Waals surface area contributed by atoms with Gasteiger partial charge in [0.2, 0.25) is 23.5 Å². The molecule has 4 atom stereocenters. The average molecular weight is 757 g/mol. The minimum absolute atomic E-state index is 0.0204. The van der Waals surface area contributed by atoms with Crippen LogP contribution in [0.4, 0.5) is 4.79 Å². The van der Waals surface area contributed by atoms with Crippen LogP contribution in [0, 0.1) is 11.3 Å². The van der Waals surface area contributed by atoms with E-state index in [1.165, 1.54) is 0 Å². The first kappa shape index (κ1) is 43.2. The van der Waals surface area contributed by atoms with Gasteiger partial charge in [-0.2, -0.15) is 0 Å². The molecule has 0 aliphatic heterocycles. The number of nitrogens with two attached hydrogens (primary N) is 2. The van der Waals surface area contributed by atoms with Crippen LogP contribution in [-0.2, 0) is 48.2 Å². The van der Waals surface area contributed by atoms with Crippen LogP contribution in [-0.4, -0.2) is 72.2 Å². The van der Waals surface area contributed by atoms with Gasteiger partial charge >= 0.3 is 6.09 Å². The summed E-state index contributed by atoms with van der Waals surface area (Å²) in [6, 6.07) is 21.9. The Balaban J connectivity index is 1.81. The van der Waals surface area contributed by atoms with Gasteiger partial charge in [0.1, 0.15) is 30.8 Å². The van der Waals surface area contributed by atoms with Crippen molar-refractivity contribution >= 4 is 41.5 Å². The lowest BCUT2D eigenvalue weighted by atomic mass is 9.98. The third kappa shape index (κ3) is 16.1. The molecule has 3 aromatic carbocycles. The zero-order valence-corrected chi connectivity index (χ0v) is 31.2. The number of rotatable bonds is 22. The van der Waals surface area contributed by atoms with Gasteiger partial charge in [0, 0.05) is 19.4 Å². The number of hydrogen-bond donors (Lipinski definition) is 8. The van der Waals surface area contributed by atoms with Gasteiger partial charge in [-0.3, -0.25) is 29.4 Å². The molecular formula is C40H52N8O7.